The van der Waals surface area contributed by atoms with Crippen LogP contribution in [0.15, 0.2) is 42.1 Å². The van der Waals surface area contributed by atoms with Crippen molar-refractivity contribution in [1.29, 1.82) is 0 Å². The smallest absolute Gasteiger partial charge is 0.254 e. The predicted octanol–water partition coefficient (Wildman–Crippen LogP) is 4.21. The molecule has 2 bridgehead atoms. The third-order valence-corrected chi connectivity index (χ3v) is 8.05. The molecule has 4 nitrogen and oxygen atoms in total. The number of hydrogen-bond acceptors (Lipinski definition) is 2. The number of carbonyl (C=O) groups is 1. The van der Waals surface area contributed by atoms with Crippen LogP contribution >= 0.6 is 0 Å². The Hall–Kier alpha value is -2.07. The van der Waals surface area contributed by atoms with Gasteiger partial charge in [0.1, 0.15) is 0 Å². The largest absolute Gasteiger partial charge is 0.351 e. The van der Waals surface area contributed by atoms with Crippen molar-refractivity contribution in [3.8, 4) is 0 Å². The van der Waals surface area contributed by atoms with Gasteiger partial charge in [-0.1, -0.05) is 24.1 Å². The summed E-state index contributed by atoms with van der Waals surface area (Å²) in [6.07, 6.45) is 12.3. The summed E-state index contributed by atoms with van der Waals surface area (Å²) in [4.78, 5) is 18.6. The Morgan fingerprint density at radius 1 is 1.10 bits per heavy atom. The number of hydrogen-bond donors (Lipinski definition) is 0. The van der Waals surface area contributed by atoms with Gasteiger partial charge < -0.3 is 9.47 Å². The van der Waals surface area contributed by atoms with Gasteiger partial charge in [0.2, 0.25) is 0 Å². The molecule has 4 heteroatoms. The van der Waals surface area contributed by atoms with Crippen LogP contribution in [0.5, 0.6) is 0 Å². The molecule has 0 unspecified atom stereocenters. The van der Waals surface area contributed by atoms with Crippen molar-refractivity contribution in [3.63, 3.8) is 0 Å². The second-order valence-electron chi connectivity index (χ2n) is 9.71. The zero-order chi connectivity index (χ0) is 19.5. The molecule has 1 amide bonds. The van der Waals surface area contributed by atoms with Crippen LogP contribution in [-0.4, -0.2) is 52.0 Å². The van der Waals surface area contributed by atoms with Gasteiger partial charge in [-0.3, -0.25) is 9.69 Å². The van der Waals surface area contributed by atoms with Crippen molar-refractivity contribution in [2.75, 3.05) is 19.6 Å². The highest BCUT2D eigenvalue weighted by Crippen LogP contribution is 2.45. The molecule has 1 aliphatic carbocycles. The number of carbonyl (C=O) groups excluding carboxylic acids is 1. The van der Waals surface area contributed by atoms with E-state index in [9.17, 15) is 4.79 Å². The van der Waals surface area contributed by atoms with Crippen LogP contribution in [0.25, 0.3) is 10.9 Å². The average Bonchev–Trinajstić information content (AvgIpc) is 3.13. The zero-order valence-corrected chi connectivity index (χ0v) is 17.4. The second kappa shape index (κ2) is 6.73. The molecule has 1 aromatic carbocycles. The van der Waals surface area contributed by atoms with Crippen molar-refractivity contribution < 1.29 is 4.79 Å². The fraction of sp³-hybridized carbons (Fsp3) is 0.560. The average molecular weight is 390 g/mol. The predicted molar refractivity (Wildman–Crippen MR) is 116 cm³/mol. The highest BCUT2D eigenvalue weighted by molar-refractivity contribution is 5.98. The maximum atomic E-state index is 13.7. The first-order valence-corrected chi connectivity index (χ1v) is 11.5. The summed E-state index contributed by atoms with van der Waals surface area (Å²) in [5.74, 6) is 1.55. The molecule has 6 rings (SSSR count). The lowest BCUT2D eigenvalue weighted by molar-refractivity contribution is 0.00148. The van der Waals surface area contributed by atoms with E-state index in [0.717, 1.165) is 36.0 Å². The number of aromatic nitrogens is 1. The second-order valence-corrected chi connectivity index (χ2v) is 9.71. The Kier molecular flexibility index (Phi) is 4.12. The van der Waals surface area contributed by atoms with Crippen molar-refractivity contribution in [2.24, 2.45) is 18.9 Å². The van der Waals surface area contributed by atoms with Gasteiger partial charge >= 0.3 is 0 Å². The molecule has 3 aliphatic heterocycles. The minimum atomic E-state index is 0.225. The summed E-state index contributed by atoms with van der Waals surface area (Å²) in [6.45, 7) is 3.34. The van der Waals surface area contributed by atoms with E-state index in [-0.39, 0.29) is 5.91 Å². The van der Waals surface area contributed by atoms with Crippen molar-refractivity contribution in [3.05, 3.63) is 47.7 Å². The molecule has 4 atom stereocenters. The maximum Gasteiger partial charge on any atom is 0.254 e. The minimum absolute atomic E-state index is 0.225. The maximum absolute atomic E-state index is 13.7. The van der Waals surface area contributed by atoms with E-state index >= 15 is 0 Å². The van der Waals surface area contributed by atoms with Crippen LogP contribution in [0, 0.1) is 11.8 Å². The molecule has 3 fully saturated rings. The van der Waals surface area contributed by atoms with Crippen molar-refractivity contribution in [2.45, 2.75) is 50.6 Å². The first-order chi connectivity index (χ1) is 14.2. The molecular weight excluding hydrogens is 358 g/mol. The molecule has 4 heterocycles. The Bertz CT molecular complexity index is 989. The van der Waals surface area contributed by atoms with E-state index in [0.29, 0.717) is 12.0 Å². The number of likely N-dealkylation sites (tertiary alicyclic amines) is 1. The minimum Gasteiger partial charge on any atom is -0.351 e. The van der Waals surface area contributed by atoms with Crippen LogP contribution in [0.1, 0.15) is 48.9 Å². The van der Waals surface area contributed by atoms with Crippen LogP contribution < -0.4 is 0 Å². The number of piperidine rings is 3. The standard InChI is InChI=1S/C25H31N3O/c1-26-12-9-17-7-8-19(15-23(17)26)25(29)28-11-4-5-18-13-20-14-21(24(18)28)16-27-10-3-2-6-22(20)27/h7-9,12-13,15,20-22,24H,2-6,10-11,14,16H2,1H3/t20-,21+,22-,24+/m0/s1. The van der Waals surface area contributed by atoms with E-state index in [2.05, 4.69) is 51.9 Å². The lowest BCUT2D eigenvalue weighted by atomic mass is 9.68. The van der Waals surface area contributed by atoms with E-state index in [1.807, 2.05) is 6.07 Å². The van der Waals surface area contributed by atoms with E-state index in [1.165, 1.54) is 50.6 Å². The number of rotatable bonds is 1. The number of nitrogens with zero attached hydrogens (tertiary/aromatic N) is 3. The summed E-state index contributed by atoms with van der Waals surface area (Å²) in [6, 6.07) is 9.40. The highest BCUT2D eigenvalue weighted by Gasteiger charge is 2.46. The van der Waals surface area contributed by atoms with E-state index in [1.54, 1.807) is 5.57 Å². The Morgan fingerprint density at radius 2 is 2.03 bits per heavy atom. The number of amides is 1. The lowest BCUT2D eigenvalue weighted by Crippen LogP contribution is -2.60. The number of fused-ring (bicyclic) bond motifs is 7. The fourth-order valence-corrected chi connectivity index (χ4v) is 6.76. The summed E-state index contributed by atoms with van der Waals surface area (Å²) in [5.41, 5.74) is 3.55. The molecular formula is C25H31N3O. The number of benzene rings is 1. The quantitative estimate of drug-likeness (QED) is 0.684. The van der Waals surface area contributed by atoms with Crippen LogP contribution in [-0.2, 0) is 7.05 Å². The number of aryl methyl sites for hydroxylation is 1. The molecule has 0 saturated carbocycles. The first-order valence-electron chi connectivity index (χ1n) is 11.5. The van der Waals surface area contributed by atoms with Crippen LogP contribution in [0.3, 0.4) is 0 Å². The van der Waals surface area contributed by atoms with Crippen LogP contribution in [0.4, 0.5) is 0 Å². The fourth-order valence-electron chi connectivity index (χ4n) is 6.76. The van der Waals surface area contributed by atoms with Gasteiger partial charge in [-0.25, -0.2) is 0 Å². The molecule has 3 saturated heterocycles. The van der Waals surface area contributed by atoms with Gasteiger partial charge in [0.15, 0.2) is 0 Å². The summed E-state index contributed by atoms with van der Waals surface area (Å²) in [7, 11) is 2.05. The van der Waals surface area contributed by atoms with E-state index in [4.69, 9.17) is 0 Å². The van der Waals surface area contributed by atoms with Crippen molar-refractivity contribution in [1.82, 2.24) is 14.4 Å². The SMILES string of the molecule is Cn1ccc2ccc(C(=O)N3CCCC4=C[C@H]5C[C@H](CN6CCCC[C@@H]56)[C@@H]43)cc21. The van der Waals surface area contributed by atoms with Gasteiger partial charge in [0.05, 0.1) is 6.04 Å². The van der Waals surface area contributed by atoms with Gasteiger partial charge in [-0.05, 0) is 74.1 Å². The summed E-state index contributed by atoms with van der Waals surface area (Å²) >= 11 is 0. The van der Waals surface area contributed by atoms with Gasteiger partial charge in [0.25, 0.3) is 5.91 Å². The normalized spacial score (nSPS) is 31.9. The molecule has 0 N–H and O–H groups in total. The molecule has 4 aliphatic rings. The lowest BCUT2D eigenvalue weighted by Gasteiger charge is -2.54. The van der Waals surface area contributed by atoms with Crippen molar-refractivity contribution >= 4 is 16.8 Å². The monoisotopic (exact) mass is 389 g/mol. The van der Waals surface area contributed by atoms with Gasteiger partial charge in [-0.15, -0.1) is 0 Å². The first kappa shape index (κ1) is 17.8. The molecule has 2 aromatic rings. The molecule has 0 radical (unpaired) electrons. The molecule has 1 aromatic heterocycles. The van der Waals surface area contributed by atoms with E-state index < -0.39 is 0 Å². The summed E-state index contributed by atoms with van der Waals surface area (Å²) < 4.78 is 2.11. The Labute approximate surface area is 173 Å². The third-order valence-electron chi connectivity index (χ3n) is 8.05. The van der Waals surface area contributed by atoms with Crippen LogP contribution in [0.2, 0.25) is 0 Å². The van der Waals surface area contributed by atoms with Gasteiger partial charge in [0, 0.05) is 43.5 Å². The Balaban J connectivity index is 1.34. The topological polar surface area (TPSA) is 28.5 Å². The summed E-state index contributed by atoms with van der Waals surface area (Å²) in [5, 5.41) is 1.20. The zero-order valence-electron chi connectivity index (χ0n) is 17.4. The molecule has 152 valence electrons. The highest BCUT2D eigenvalue weighted by atomic mass is 16.2. The molecule has 0 spiro atoms. The third kappa shape index (κ3) is 2.79. The van der Waals surface area contributed by atoms with Gasteiger partial charge in [-0.2, -0.15) is 0 Å². The molecule has 29 heavy (non-hydrogen) atoms. The Morgan fingerprint density at radius 3 is 2.97 bits per heavy atom.